The summed E-state index contributed by atoms with van der Waals surface area (Å²) >= 11 is 1.55. The van der Waals surface area contributed by atoms with E-state index in [0.29, 0.717) is 18.1 Å². The largest absolute Gasteiger partial charge is 0.462 e. The number of carbonyl (C=O) groups is 1. The molecule has 0 saturated heterocycles. The Labute approximate surface area is 119 Å². The summed E-state index contributed by atoms with van der Waals surface area (Å²) in [4.78, 5) is 13.5. The van der Waals surface area contributed by atoms with Crippen molar-refractivity contribution in [1.29, 1.82) is 0 Å². The van der Waals surface area contributed by atoms with Crippen molar-refractivity contribution in [2.24, 2.45) is 0 Å². The van der Waals surface area contributed by atoms with Crippen molar-refractivity contribution >= 4 is 17.3 Å². The minimum atomic E-state index is -0.206. The molecule has 0 saturated carbocycles. The van der Waals surface area contributed by atoms with Gasteiger partial charge in [0.05, 0.1) is 6.61 Å². The lowest BCUT2D eigenvalue weighted by Crippen LogP contribution is -2.01. The first-order valence-electron chi connectivity index (χ1n) is 7.14. The van der Waals surface area contributed by atoms with Crippen LogP contribution >= 0.6 is 11.3 Å². The van der Waals surface area contributed by atoms with E-state index in [9.17, 15) is 4.79 Å². The number of rotatable bonds is 10. The lowest BCUT2D eigenvalue weighted by atomic mass is 10.1. The molecular formula is C15H24O3S. The Morgan fingerprint density at radius 1 is 1.16 bits per heavy atom. The molecule has 1 aromatic heterocycles. The molecule has 1 N–H and O–H groups in total. The zero-order valence-corrected chi connectivity index (χ0v) is 12.5. The Balaban J connectivity index is 2.14. The molecule has 0 radical (unpaired) electrons. The number of ether oxygens (including phenoxy) is 1. The number of aliphatic hydroxyl groups excluding tert-OH is 1. The summed E-state index contributed by atoms with van der Waals surface area (Å²) in [6.07, 6.45) is 7.93. The van der Waals surface area contributed by atoms with Crippen LogP contribution in [0.1, 0.15) is 60.0 Å². The van der Waals surface area contributed by atoms with Crippen LogP contribution in [0, 0.1) is 0 Å². The molecule has 0 amide bonds. The highest BCUT2D eigenvalue weighted by Crippen LogP contribution is 2.20. The maximum absolute atomic E-state index is 11.5. The minimum absolute atomic E-state index is 0.206. The predicted octanol–water partition coefficient (Wildman–Crippen LogP) is 3.80. The maximum atomic E-state index is 11.5. The van der Waals surface area contributed by atoms with Crippen LogP contribution in [0.4, 0.5) is 0 Å². The van der Waals surface area contributed by atoms with Crippen LogP contribution in [0.25, 0.3) is 0 Å². The third-order valence-corrected chi connectivity index (χ3v) is 4.09. The Bertz CT molecular complexity index is 360. The van der Waals surface area contributed by atoms with Gasteiger partial charge in [0.2, 0.25) is 0 Å². The minimum Gasteiger partial charge on any atom is -0.462 e. The van der Waals surface area contributed by atoms with E-state index in [1.165, 1.54) is 30.6 Å². The number of aryl methyl sites for hydroxylation is 1. The van der Waals surface area contributed by atoms with Gasteiger partial charge in [0.1, 0.15) is 4.88 Å². The molecule has 0 unspecified atom stereocenters. The summed E-state index contributed by atoms with van der Waals surface area (Å²) in [7, 11) is 0. The number of hydrogen-bond acceptors (Lipinski definition) is 4. The fraction of sp³-hybridized carbons (Fsp3) is 0.667. The van der Waals surface area contributed by atoms with E-state index in [1.807, 2.05) is 19.1 Å². The van der Waals surface area contributed by atoms with E-state index in [-0.39, 0.29) is 5.97 Å². The van der Waals surface area contributed by atoms with Crippen molar-refractivity contribution < 1.29 is 14.6 Å². The highest BCUT2D eigenvalue weighted by molar-refractivity contribution is 7.13. The van der Waals surface area contributed by atoms with Crippen LogP contribution in [0.5, 0.6) is 0 Å². The topological polar surface area (TPSA) is 46.5 Å². The first-order valence-corrected chi connectivity index (χ1v) is 7.96. The van der Waals surface area contributed by atoms with E-state index < -0.39 is 0 Å². The van der Waals surface area contributed by atoms with Crippen molar-refractivity contribution in [3.05, 3.63) is 21.9 Å². The first-order chi connectivity index (χ1) is 9.27. The normalized spacial score (nSPS) is 10.6. The number of unbranched alkanes of at least 4 members (excludes halogenated alkanes) is 5. The molecule has 1 heterocycles. The molecule has 1 aromatic rings. The van der Waals surface area contributed by atoms with Gasteiger partial charge in [0.15, 0.2) is 0 Å². The second-order valence-electron chi connectivity index (χ2n) is 4.58. The summed E-state index contributed by atoms with van der Waals surface area (Å²) < 4.78 is 4.97. The third kappa shape index (κ3) is 6.73. The van der Waals surface area contributed by atoms with Crippen LogP contribution < -0.4 is 0 Å². The predicted molar refractivity (Wildman–Crippen MR) is 78.8 cm³/mol. The molecule has 0 fully saturated rings. The van der Waals surface area contributed by atoms with Crippen LogP contribution in [0.2, 0.25) is 0 Å². The lowest BCUT2D eigenvalue weighted by Gasteiger charge is -2.00. The second-order valence-corrected chi connectivity index (χ2v) is 5.75. The Hall–Kier alpha value is -0.870. The van der Waals surface area contributed by atoms with Crippen molar-refractivity contribution in [3.8, 4) is 0 Å². The van der Waals surface area contributed by atoms with Gasteiger partial charge in [-0.3, -0.25) is 0 Å². The van der Waals surface area contributed by atoms with Gasteiger partial charge in [-0.15, -0.1) is 11.3 Å². The van der Waals surface area contributed by atoms with Gasteiger partial charge >= 0.3 is 5.97 Å². The number of thiophene rings is 1. The molecule has 0 aromatic carbocycles. The first kappa shape index (κ1) is 16.2. The monoisotopic (exact) mass is 284 g/mol. The maximum Gasteiger partial charge on any atom is 0.348 e. The number of hydrogen-bond donors (Lipinski definition) is 1. The Morgan fingerprint density at radius 2 is 1.84 bits per heavy atom. The molecule has 0 aliphatic heterocycles. The molecule has 0 atom stereocenters. The van der Waals surface area contributed by atoms with E-state index in [0.717, 1.165) is 19.3 Å². The molecule has 3 nitrogen and oxygen atoms in total. The molecule has 19 heavy (non-hydrogen) atoms. The summed E-state index contributed by atoms with van der Waals surface area (Å²) in [6.45, 7) is 2.56. The smallest absolute Gasteiger partial charge is 0.348 e. The fourth-order valence-corrected chi connectivity index (χ4v) is 2.89. The van der Waals surface area contributed by atoms with E-state index >= 15 is 0 Å². The van der Waals surface area contributed by atoms with Gasteiger partial charge in [0, 0.05) is 11.5 Å². The van der Waals surface area contributed by atoms with E-state index in [2.05, 4.69) is 0 Å². The highest BCUT2D eigenvalue weighted by Gasteiger charge is 2.09. The number of esters is 1. The van der Waals surface area contributed by atoms with Crippen LogP contribution in [0.15, 0.2) is 12.1 Å². The Morgan fingerprint density at radius 3 is 2.53 bits per heavy atom. The van der Waals surface area contributed by atoms with Crippen molar-refractivity contribution in [1.82, 2.24) is 0 Å². The molecule has 4 heteroatoms. The molecule has 0 bridgehead atoms. The summed E-state index contributed by atoms with van der Waals surface area (Å²) in [5.74, 6) is -0.206. The molecule has 0 aliphatic rings. The number of aliphatic hydroxyl groups is 1. The second kappa shape index (κ2) is 9.98. The van der Waals surface area contributed by atoms with E-state index in [1.54, 1.807) is 11.3 Å². The Kier molecular flexibility index (Phi) is 8.50. The zero-order valence-electron chi connectivity index (χ0n) is 11.7. The summed E-state index contributed by atoms with van der Waals surface area (Å²) in [5, 5.41) is 8.67. The fourth-order valence-electron chi connectivity index (χ4n) is 1.94. The average molecular weight is 284 g/mol. The van der Waals surface area contributed by atoms with Gasteiger partial charge < -0.3 is 9.84 Å². The standard InChI is InChI=1S/C15H24O3S/c1-2-18-15(17)14-11-10-13(19-14)9-7-5-3-4-6-8-12-16/h10-11,16H,2-9,12H2,1H3. The van der Waals surface area contributed by atoms with Crippen LogP contribution in [0.3, 0.4) is 0 Å². The SMILES string of the molecule is CCOC(=O)c1ccc(CCCCCCCCO)s1. The summed E-state index contributed by atoms with van der Waals surface area (Å²) in [6, 6.07) is 3.89. The lowest BCUT2D eigenvalue weighted by molar-refractivity contribution is 0.0532. The summed E-state index contributed by atoms with van der Waals surface area (Å²) in [5.41, 5.74) is 0. The van der Waals surface area contributed by atoms with Crippen molar-refractivity contribution in [3.63, 3.8) is 0 Å². The third-order valence-electron chi connectivity index (χ3n) is 2.97. The van der Waals surface area contributed by atoms with Gasteiger partial charge in [-0.25, -0.2) is 4.79 Å². The molecule has 1 rings (SSSR count). The van der Waals surface area contributed by atoms with Gasteiger partial charge in [-0.05, 0) is 38.3 Å². The van der Waals surface area contributed by atoms with Gasteiger partial charge in [0.25, 0.3) is 0 Å². The van der Waals surface area contributed by atoms with Gasteiger partial charge in [-0.1, -0.05) is 25.7 Å². The van der Waals surface area contributed by atoms with E-state index in [4.69, 9.17) is 9.84 Å². The molecule has 108 valence electrons. The quantitative estimate of drug-likeness (QED) is 0.525. The molecule has 0 spiro atoms. The highest BCUT2D eigenvalue weighted by atomic mass is 32.1. The average Bonchev–Trinajstić information content (AvgIpc) is 2.87. The molecular weight excluding hydrogens is 260 g/mol. The van der Waals surface area contributed by atoms with Crippen LogP contribution in [-0.4, -0.2) is 24.3 Å². The number of carbonyl (C=O) groups excluding carboxylic acids is 1. The molecule has 0 aliphatic carbocycles. The zero-order chi connectivity index (χ0) is 13.9. The van der Waals surface area contributed by atoms with Crippen LogP contribution in [-0.2, 0) is 11.2 Å². The van der Waals surface area contributed by atoms with Gasteiger partial charge in [-0.2, -0.15) is 0 Å². The van der Waals surface area contributed by atoms with Crippen molar-refractivity contribution in [2.75, 3.05) is 13.2 Å². The van der Waals surface area contributed by atoms with Crippen molar-refractivity contribution in [2.45, 2.75) is 51.9 Å².